The van der Waals surface area contributed by atoms with Crippen LogP contribution in [0.5, 0.6) is 0 Å². The van der Waals surface area contributed by atoms with Gasteiger partial charge in [-0.2, -0.15) is 0 Å². The van der Waals surface area contributed by atoms with Crippen molar-refractivity contribution in [3.05, 3.63) is 99.0 Å². The molecule has 0 saturated carbocycles. The van der Waals surface area contributed by atoms with Crippen LogP contribution < -0.4 is 5.76 Å². The predicted molar refractivity (Wildman–Crippen MR) is 98.0 cm³/mol. The Balaban J connectivity index is 1.74. The first-order valence-electron chi connectivity index (χ1n) is 8.08. The molecule has 130 valence electrons. The van der Waals surface area contributed by atoms with E-state index in [0.717, 1.165) is 16.3 Å². The van der Waals surface area contributed by atoms with Crippen LogP contribution in [-0.4, -0.2) is 9.72 Å². The Morgan fingerprint density at radius 1 is 1.04 bits per heavy atom. The summed E-state index contributed by atoms with van der Waals surface area (Å²) in [5.74, 6) is -0.694. The number of benzene rings is 3. The summed E-state index contributed by atoms with van der Waals surface area (Å²) in [6.45, 7) is 0.283. The maximum Gasteiger partial charge on any atom is 0.441 e. The van der Waals surface area contributed by atoms with Crippen LogP contribution in [-0.2, 0) is 13.0 Å². The van der Waals surface area contributed by atoms with Crippen molar-refractivity contribution in [3.8, 4) is 0 Å². The van der Waals surface area contributed by atoms with Crippen molar-refractivity contribution in [1.29, 1.82) is 0 Å². The van der Waals surface area contributed by atoms with Gasteiger partial charge in [0.05, 0.1) is 6.54 Å². The Kier molecular flexibility index (Phi) is 4.31. The van der Waals surface area contributed by atoms with Crippen molar-refractivity contribution in [2.75, 3.05) is 0 Å². The van der Waals surface area contributed by atoms with Gasteiger partial charge in [-0.3, -0.25) is 9.09 Å². The summed E-state index contributed by atoms with van der Waals surface area (Å²) < 4.78 is 20.3. The van der Waals surface area contributed by atoms with Crippen molar-refractivity contribution < 1.29 is 8.91 Å². The molecule has 6 heteroatoms. The van der Waals surface area contributed by atoms with Crippen molar-refractivity contribution in [3.63, 3.8) is 0 Å². The first kappa shape index (κ1) is 16.5. The van der Waals surface area contributed by atoms with Gasteiger partial charge in [0, 0.05) is 17.0 Å². The Hall–Kier alpha value is -2.92. The molecule has 1 heterocycles. The lowest BCUT2D eigenvalue weighted by Gasteiger charge is -2.09. The molecule has 0 N–H and O–H groups in total. The van der Waals surface area contributed by atoms with Crippen LogP contribution in [0.25, 0.3) is 10.8 Å². The molecule has 4 aromatic rings. The van der Waals surface area contributed by atoms with Crippen LogP contribution in [0.15, 0.2) is 70.0 Å². The van der Waals surface area contributed by atoms with Gasteiger partial charge in [0.2, 0.25) is 0 Å². The summed E-state index contributed by atoms with van der Waals surface area (Å²) in [6, 6.07) is 18.3. The van der Waals surface area contributed by atoms with Gasteiger partial charge in [-0.25, -0.2) is 9.18 Å². The zero-order chi connectivity index (χ0) is 18.1. The maximum absolute atomic E-state index is 14.1. The molecule has 1 aromatic heterocycles. The van der Waals surface area contributed by atoms with Crippen molar-refractivity contribution in [1.82, 2.24) is 9.72 Å². The number of halogens is 2. The molecule has 4 rings (SSSR count). The fourth-order valence-corrected chi connectivity index (χ4v) is 3.27. The number of rotatable bonds is 4. The van der Waals surface area contributed by atoms with E-state index in [-0.39, 0.29) is 23.6 Å². The smallest absolute Gasteiger partial charge is 0.296 e. The van der Waals surface area contributed by atoms with Crippen LogP contribution in [0.3, 0.4) is 0 Å². The molecular formula is C20H14ClFN2O2. The summed E-state index contributed by atoms with van der Waals surface area (Å²) in [7, 11) is 0. The quantitative estimate of drug-likeness (QED) is 0.535. The Bertz CT molecular complexity index is 1120. The minimum atomic E-state index is -0.583. The van der Waals surface area contributed by atoms with Gasteiger partial charge < -0.3 is 0 Å². The second-order valence-corrected chi connectivity index (χ2v) is 6.37. The molecule has 0 saturated heterocycles. The molecule has 3 aromatic carbocycles. The molecular weight excluding hydrogens is 355 g/mol. The molecule has 0 amide bonds. The molecule has 4 nitrogen and oxygen atoms in total. The lowest BCUT2D eigenvalue weighted by atomic mass is 10.0. The van der Waals surface area contributed by atoms with Gasteiger partial charge in [0.1, 0.15) is 5.82 Å². The minimum absolute atomic E-state index is 0.0714. The third kappa shape index (κ3) is 3.02. The maximum atomic E-state index is 14.1. The molecule has 0 fully saturated rings. The van der Waals surface area contributed by atoms with Gasteiger partial charge >= 0.3 is 5.76 Å². The highest BCUT2D eigenvalue weighted by atomic mass is 35.5. The molecule has 0 radical (unpaired) electrons. The molecule has 26 heavy (non-hydrogen) atoms. The van der Waals surface area contributed by atoms with Gasteiger partial charge in [-0.05, 0) is 28.5 Å². The van der Waals surface area contributed by atoms with Crippen molar-refractivity contribution >= 4 is 22.4 Å². The van der Waals surface area contributed by atoms with E-state index >= 15 is 0 Å². The number of fused-ring (bicyclic) bond motifs is 1. The average molecular weight is 369 g/mol. The summed E-state index contributed by atoms with van der Waals surface area (Å²) in [5, 5.41) is 6.23. The van der Waals surface area contributed by atoms with Crippen LogP contribution in [0.2, 0.25) is 5.02 Å². The zero-order valence-corrected chi connectivity index (χ0v) is 14.4. The predicted octanol–water partition coefficient (Wildman–Crippen LogP) is 4.42. The Labute approximate surface area is 153 Å². The van der Waals surface area contributed by atoms with E-state index in [1.165, 1.54) is 16.7 Å². The molecule has 0 bridgehead atoms. The van der Waals surface area contributed by atoms with Crippen LogP contribution in [0, 0.1) is 5.82 Å². The summed E-state index contributed by atoms with van der Waals surface area (Å²) in [5.41, 5.74) is 1.24. The van der Waals surface area contributed by atoms with Gasteiger partial charge in [0.25, 0.3) is 0 Å². The van der Waals surface area contributed by atoms with E-state index < -0.39 is 11.6 Å². The molecule has 0 aliphatic heterocycles. The van der Waals surface area contributed by atoms with E-state index in [9.17, 15) is 9.18 Å². The van der Waals surface area contributed by atoms with Crippen molar-refractivity contribution in [2.45, 2.75) is 13.0 Å². The Morgan fingerprint density at radius 2 is 1.81 bits per heavy atom. The number of hydrogen-bond acceptors (Lipinski definition) is 3. The summed E-state index contributed by atoms with van der Waals surface area (Å²) in [6.07, 6.45) is 0.0714. The molecule has 0 atom stereocenters. The standard InChI is InChI=1S/C20H14ClFN2O2/c21-17-9-4-10-18(22)16(17)11-19-23-26-20(25)24(19)12-14-7-3-6-13-5-1-2-8-15(13)14/h1-10H,11-12H2. The molecule has 0 aliphatic rings. The second kappa shape index (κ2) is 6.77. The SMILES string of the molecule is O=c1onc(Cc2c(F)cccc2Cl)n1Cc1cccc2ccccc12. The van der Waals surface area contributed by atoms with E-state index in [2.05, 4.69) is 5.16 Å². The lowest BCUT2D eigenvalue weighted by molar-refractivity contribution is 0.375. The largest absolute Gasteiger partial charge is 0.441 e. The third-order valence-electron chi connectivity index (χ3n) is 4.37. The zero-order valence-electron chi connectivity index (χ0n) is 13.7. The highest BCUT2D eigenvalue weighted by Gasteiger charge is 2.16. The third-order valence-corrected chi connectivity index (χ3v) is 4.72. The van der Waals surface area contributed by atoms with E-state index in [4.69, 9.17) is 16.1 Å². The first-order valence-corrected chi connectivity index (χ1v) is 8.46. The van der Waals surface area contributed by atoms with Gasteiger partial charge in [0.15, 0.2) is 5.82 Å². The summed E-state index contributed by atoms with van der Waals surface area (Å²) in [4.78, 5) is 12.1. The molecule has 0 aliphatic carbocycles. The van der Waals surface area contributed by atoms with Gasteiger partial charge in [-0.1, -0.05) is 65.3 Å². The Morgan fingerprint density at radius 3 is 2.65 bits per heavy atom. The average Bonchev–Trinajstić information content (AvgIpc) is 2.98. The van der Waals surface area contributed by atoms with E-state index in [0.29, 0.717) is 5.82 Å². The fraction of sp³-hybridized carbons (Fsp3) is 0.100. The monoisotopic (exact) mass is 368 g/mol. The van der Waals surface area contributed by atoms with Crippen LogP contribution >= 0.6 is 11.6 Å². The van der Waals surface area contributed by atoms with Gasteiger partial charge in [-0.15, -0.1) is 0 Å². The van der Waals surface area contributed by atoms with Crippen molar-refractivity contribution in [2.24, 2.45) is 0 Å². The normalized spacial score (nSPS) is 11.2. The van der Waals surface area contributed by atoms with E-state index in [1.54, 1.807) is 6.07 Å². The number of hydrogen-bond donors (Lipinski definition) is 0. The van der Waals surface area contributed by atoms with E-state index in [1.807, 2.05) is 42.5 Å². The minimum Gasteiger partial charge on any atom is -0.296 e. The molecule has 0 spiro atoms. The fourth-order valence-electron chi connectivity index (χ4n) is 3.04. The van der Waals surface area contributed by atoms with Crippen LogP contribution in [0.1, 0.15) is 17.0 Å². The molecule has 0 unspecified atom stereocenters. The highest BCUT2D eigenvalue weighted by Crippen LogP contribution is 2.23. The van der Waals surface area contributed by atoms with Crippen LogP contribution in [0.4, 0.5) is 4.39 Å². The topological polar surface area (TPSA) is 48.0 Å². The second-order valence-electron chi connectivity index (χ2n) is 5.97. The summed E-state index contributed by atoms with van der Waals surface area (Å²) >= 11 is 6.09. The number of aromatic nitrogens is 2. The number of nitrogens with zero attached hydrogens (tertiary/aromatic N) is 2. The first-order chi connectivity index (χ1) is 12.6. The highest BCUT2D eigenvalue weighted by molar-refractivity contribution is 6.31. The lowest BCUT2D eigenvalue weighted by Crippen LogP contribution is -2.18.